The first-order valence-electron chi connectivity index (χ1n) is 5.66. The van der Waals surface area contributed by atoms with Crippen LogP contribution >= 0.6 is 11.6 Å². The maximum absolute atomic E-state index is 13.2. The number of halogens is 2. The van der Waals surface area contributed by atoms with Crippen LogP contribution in [0.25, 0.3) is 16.9 Å². The minimum atomic E-state index is -0.591. The van der Waals surface area contributed by atoms with Crippen molar-refractivity contribution in [2.75, 3.05) is 0 Å². The predicted molar refractivity (Wildman–Crippen MR) is 71.9 cm³/mol. The minimum absolute atomic E-state index is 0.00902. The summed E-state index contributed by atoms with van der Waals surface area (Å²) in [6.07, 6.45) is 1.32. The third-order valence-corrected chi connectivity index (χ3v) is 3.20. The molecule has 0 saturated carbocycles. The Morgan fingerprint density at radius 2 is 2.10 bits per heavy atom. The molecule has 3 rings (SSSR count). The number of primary amides is 1. The maximum atomic E-state index is 13.2. The van der Waals surface area contributed by atoms with Gasteiger partial charge in [0.1, 0.15) is 12.1 Å². The largest absolute Gasteiger partial charge is 0.365 e. The van der Waals surface area contributed by atoms with E-state index in [-0.39, 0.29) is 10.6 Å². The molecule has 7 heteroatoms. The van der Waals surface area contributed by atoms with Crippen LogP contribution in [0.4, 0.5) is 4.39 Å². The van der Waals surface area contributed by atoms with Gasteiger partial charge in [0, 0.05) is 5.56 Å². The summed E-state index contributed by atoms with van der Waals surface area (Å²) in [6, 6.07) is 7.53. The second-order valence-electron chi connectivity index (χ2n) is 4.12. The lowest BCUT2D eigenvalue weighted by Gasteiger charge is -2.07. The summed E-state index contributed by atoms with van der Waals surface area (Å²) in [4.78, 5) is 15.3. The molecule has 0 fully saturated rings. The molecule has 5 nitrogen and oxygen atoms in total. The van der Waals surface area contributed by atoms with Crippen LogP contribution in [0, 0.1) is 5.82 Å². The Balaban J connectivity index is 2.27. The van der Waals surface area contributed by atoms with E-state index in [2.05, 4.69) is 10.1 Å². The molecule has 0 aliphatic heterocycles. The van der Waals surface area contributed by atoms with E-state index in [4.69, 9.17) is 17.3 Å². The monoisotopic (exact) mass is 290 g/mol. The molecule has 100 valence electrons. The second-order valence-corrected chi connectivity index (χ2v) is 4.53. The zero-order valence-electron chi connectivity index (χ0n) is 10.0. The van der Waals surface area contributed by atoms with Crippen molar-refractivity contribution in [2.24, 2.45) is 5.73 Å². The Bertz CT molecular complexity index is 830. The van der Waals surface area contributed by atoms with Gasteiger partial charge in [0.2, 0.25) is 0 Å². The van der Waals surface area contributed by atoms with Gasteiger partial charge in [-0.1, -0.05) is 11.6 Å². The molecule has 0 aliphatic rings. The Kier molecular flexibility index (Phi) is 2.87. The first-order valence-corrected chi connectivity index (χ1v) is 6.03. The van der Waals surface area contributed by atoms with Crippen LogP contribution in [0.5, 0.6) is 0 Å². The highest BCUT2D eigenvalue weighted by atomic mass is 35.5. The van der Waals surface area contributed by atoms with Crippen molar-refractivity contribution in [3.63, 3.8) is 0 Å². The Hall–Kier alpha value is -2.47. The Labute approximate surface area is 117 Å². The molecule has 2 heterocycles. The number of carbonyl (C=O) groups excluding carboxylic acids is 1. The Morgan fingerprint density at radius 1 is 1.30 bits per heavy atom. The summed E-state index contributed by atoms with van der Waals surface area (Å²) in [5.74, 6) is -1.09. The van der Waals surface area contributed by atoms with Crippen molar-refractivity contribution >= 4 is 23.2 Å². The topological polar surface area (TPSA) is 73.3 Å². The van der Waals surface area contributed by atoms with Crippen molar-refractivity contribution in [3.05, 3.63) is 53.1 Å². The number of hydrogen-bond donors (Lipinski definition) is 1. The van der Waals surface area contributed by atoms with E-state index in [1.165, 1.54) is 23.0 Å². The molecule has 0 spiro atoms. The van der Waals surface area contributed by atoms with Gasteiger partial charge in [-0.05, 0) is 30.3 Å². The SMILES string of the molecule is NC(=O)c1ccc(-c2ccc(F)c(Cl)c2)n2ncnc12. The number of pyridine rings is 1. The molecule has 0 saturated heterocycles. The van der Waals surface area contributed by atoms with E-state index in [9.17, 15) is 9.18 Å². The number of amides is 1. The molecule has 2 N–H and O–H groups in total. The number of nitrogens with two attached hydrogens (primary N) is 1. The van der Waals surface area contributed by atoms with Gasteiger partial charge in [0.25, 0.3) is 5.91 Å². The maximum Gasteiger partial charge on any atom is 0.252 e. The molecular formula is C13H8ClFN4O. The van der Waals surface area contributed by atoms with E-state index < -0.39 is 11.7 Å². The van der Waals surface area contributed by atoms with Crippen molar-refractivity contribution in [2.45, 2.75) is 0 Å². The highest BCUT2D eigenvalue weighted by molar-refractivity contribution is 6.31. The number of aromatic nitrogens is 3. The van der Waals surface area contributed by atoms with Gasteiger partial charge in [0.15, 0.2) is 5.65 Å². The van der Waals surface area contributed by atoms with Gasteiger partial charge >= 0.3 is 0 Å². The van der Waals surface area contributed by atoms with Gasteiger partial charge in [-0.3, -0.25) is 4.79 Å². The van der Waals surface area contributed by atoms with Crippen LogP contribution < -0.4 is 5.73 Å². The zero-order valence-corrected chi connectivity index (χ0v) is 10.8. The van der Waals surface area contributed by atoms with Crippen LogP contribution in [0.1, 0.15) is 10.4 Å². The number of fused-ring (bicyclic) bond motifs is 1. The molecule has 3 aromatic rings. The normalized spacial score (nSPS) is 10.9. The molecule has 0 radical (unpaired) electrons. The smallest absolute Gasteiger partial charge is 0.252 e. The molecule has 1 aromatic carbocycles. The van der Waals surface area contributed by atoms with Crippen molar-refractivity contribution in [1.82, 2.24) is 14.6 Å². The number of nitrogens with zero attached hydrogens (tertiary/aromatic N) is 3. The van der Waals surface area contributed by atoms with Gasteiger partial charge in [-0.25, -0.2) is 13.9 Å². The highest BCUT2D eigenvalue weighted by Crippen LogP contribution is 2.26. The summed E-state index contributed by atoms with van der Waals surface area (Å²) in [5.41, 5.74) is 7.17. The third kappa shape index (κ3) is 1.90. The van der Waals surface area contributed by atoms with Crippen LogP contribution in [0.15, 0.2) is 36.7 Å². The Morgan fingerprint density at radius 3 is 2.80 bits per heavy atom. The molecule has 20 heavy (non-hydrogen) atoms. The summed E-state index contributed by atoms with van der Waals surface area (Å²) < 4.78 is 14.7. The lowest BCUT2D eigenvalue weighted by atomic mass is 10.1. The van der Waals surface area contributed by atoms with E-state index in [1.807, 2.05) is 0 Å². The van der Waals surface area contributed by atoms with Crippen molar-refractivity contribution in [3.8, 4) is 11.3 Å². The fourth-order valence-corrected chi connectivity index (χ4v) is 2.16. The molecule has 0 unspecified atom stereocenters. The average Bonchev–Trinajstić information content (AvgIpc) is 2.89. The first-order chi connectivity index (χ1) is 9.58. The first kappa shape index (κ1) is 12.6. The minimum Gasteiger partial charge on any atom is -0.365 e. The van der Waals surface area contributed by atoms with E-state index in [0.717, 1.165) is 0 Å². The molecule has 0 bridgehead atoms. The van der Waals surface area contributed by atoms with Gasteiger partial charge in [0.05, 0.1) is 16.3 Å². The molecule has 2 aromatic heterocycles. The summed E-state index contributed by atoms with van der Waals surface area (Å²) in [5, 5.41) is 4.06. The van der Waals surface area contributed by atoms with Crippen LogP contribution in [-0.2, 0) is 0 Å². The fraction of sp³-hybridized carbons (Fsp3) is 0. The number of carbonyl (C=O) groups is 1. The zero-order chi connectivity index (χ0) is 14.3. The summed E-state index contributed by atoms with van der Waals surface area (Å²) >= 11 is 5.78. The number of benzene rings is 1. The van der Waals surface area contributed by atoms with Gasteiger partial charge < -0.3 is 5.73 Å². The highest BCUT2D eigenvalue weighted by Gasteiger charge is 2.13. The molecule has 1 amide bonds. The van der Waals surface area contributed by atoms with Crippen molar-refractivity contribution in [1.29, 1.82) is 0 Å². The van der Waals surface area contributed by atoms with Crippen LogP contribution in [-0.4, -0.2) is 20.5 Å². The van der Waals surface area contributed by atoms with E-state index >= 15 is 0 Å². The van der Waals surface area contributed by atoms with Crippen molar-refractivity contribution < 1.29 is 9.18 Å². The standard InChI is InChI=1S/C13H8ClFN4O/c14-9-5-7(1-3-10(9)15)11-4-2-8(12(16)20)13-17-6-18-19(11)13/h1-6H,(H2,16,20). The molecule has 0 aliphatic carbocycles. The molecular weight excluding hydrogens is 283 g/mol. The summed E-state index contributed by atoms with van der Waals surface area (Å²) in [6.45, 7) is 0. The average molecular weight is 291 g/mol. The lowest BCUT2D eigenvalue weighted by Crippen LogP contribution is -2.13. The predicted octanol–water partition coefficient (Wildman–Crippen LogP) is 2.29. The van der Waals surface area contributed by atoms with E-state index in [0.29, 0.717) is 16.9 Å². The summed E-state index contributed by atoms with van der Waals surface area (Å²) in [7, 11) is 0. The van der Waals surface area contributed by atoms with E-state index in [1.54, 1.807) is 18.2 Å². The fourth-order valence-electron chi connectivity index (χ4n) is 1.98. The molecule has 0 atom stereocenters. The third-order valence-electron chi connectivity index (χ3n) is 2.91. The van der Waals surface area contributed by atoms with Gasteiger partial charge in [-0.2, -0.15) is 5.10 Å². The lowest BCUT2D eigenvalue weighted by molar-refractivity contribution is 0.100. The van der Waals surface area contributed by atoms with Crippen LogP contribution in [0.2, 0.25) is 5.02 Å². The van der Waals surface area contributed by atoms with Gasteiger partial charge in [-0.15, -0.1) is 0 Å². The number of rotatable bonds is 2. The quantitative estimate of drug-likeness (QED) is 0.787. The van der Waals surface area contributed by atoms with Crippen LogP contribution in [0.3, 0.4) is 0 Å². The number of hydrogen-bond acceptors (Lipinski definition) is 3. The second kappa shape index (κ2) is 4.57.